The number of hydrogen-bond donors (Lipinski definition) is 1. The van der Waals surface area contributed by atoms with E-state index < -0.39 is 0 Å². The van der Waals surface area contributed by atoms with E-state index in [4.69, 9.17) is 0 Å². The maximum absolute atomic E-state index is 4.57. The van der Waals surface area contributed by atoms with Crippen LogP contribution in [0.5, 0.6) is 0 Å². The second kappa shape index (κ2) is 8.08. The van der Waals surface area contributed by atoms with E-state index in [1.54, 1.807) is 12.4 Å². The van der Waals surface area contributed by atoms with Crippen molar-refractivity contribution in [3.8, 4) is 22.5 Å². The molecule has 8 heteroatoms. The lowest BCUT2D eigenvalue weighted by Gasteiger charge is -2.09. The standard InChI is InChI=1S/C20H22N8/c1-3-4-5-19-22-14(2)25-28(19)13-15-6-8-16(9-7-15)17-10-11-21-12-18(17)20-23-26-27-24-20/h6-12H,3-5,13H2,1-2H3,(H,23,24,26,27). The van der Waals surface area contributed by atoms with Crippen LogP contribution in [-0.4, -0.2) is 40.4 Å². The average molecular weight is 374 g/mol. The number of unbranched alkanes of at least 4 members (excludes halogenated alkanes) is 1. The number of nitrogens with one attached hydrogen (secondary N) is 1. The lowest BCUT2D eigenvalue weighted by molar-refractivity contribution is 0.616. The van der Waals surface area contributed by atoms with Crippen LogP contribution in [-0.2, 0) is 13.0 Å². The zero-order chi connectivity index (χ0) is 19.3. The van der Waals surface area contributed by atoms with Gasteiger partial charge in [0.2, 0.25) is 5.82 Å². The molecule has 0 aliphatic heterocycles. The van der Waals surface area contributed by atoms with Gasteiger partial charge in [0.15, 0.2) is 0 Å². The smallest absolute Gasteiger partial charge is 0.206 e. The summed E-state index contributed by atoms with van der Waals surface area (Å²) in [6.07, 6.45) is 6.75. The molecule has 0 radical (unpaired) electrons. The van der Waals surface area contributed by atoms with E-state index in [-0.39, 0.29) is 0 Å². The van der Waals surface area contributed by atoms with E-state index in [0.29, 0.717) is 12.4 Å². The Bertz CT molecular complexity index is 1030. The lowest BCUT2D eigenvalue weighted by Crippen LogP contribution is -2.07. The zero-order valence-corrected chi connectivity index (χ0v) is 16.0. The topological polar surface area (TPSA) is 98.1 Å². The van der Waals surface area contributed by atoms with Crippen molar-refractivity contribution in [3.05, 3.63) is 59.9 Å². The van der Waals surface area contributed by atoms with E-state index in [1.807, 2.05) is 17.7 Å². The molecule has 0 spiro atoms. The molecule has 0 bridgehead atoms. The summed E-state index contributed by atoms with van der Waals surface area (Å²) in [5.74, 6) is 2.41. The Morgan fingerprint density at radius 3 is 2.68 bits per heavy atom. The highest BCUT2D eigenvalue weighted by Gasteiger charge is 2.12. The summed E-state index contributed by atoms with van der Waals surface area (Å²) in [6.45, 7) is 4.85. The molecule has 0 saturated carbocycles. The number of rotatable bonds is 7. The molecule has 0 saturated heterocycles. The number of aromatic amines is 1. The second-order valence-corrected chi connectivity index (χ2v) is 6.69. The van der Waals surface area contributed by atoms with Crippen LogP contribution in [0.2, 0.25) is 0 Å². The minimum absolute atomic E-state index is 0.533. The zero-order valence-electron chi connectivity index (χ0n) is 16.0. The molecule has 0 aliphatic carbocycles. The van der Waals surface area contributed by atoms with Crippen molar-refractivity contribution in [1.82, 2.24) is 40.4 Å². The van der Waals surface area contributed by atoms with Crippen molar-refractivity contribution in [1.29, 1.82) is 0 Å². The van der Waals surface area contributed by atoms with Gasteiger partial charge in [0.05, 0.1) is 6.54 Å². The van der Waals surface area contributed by atoms with Gasteiger partial charge < -0.3 is 0 Å². The van der Waals surface area contributed by atoms with Crippen LogP contribution in [0.25, 0.3) is 22.5 Å². The SMILES string of the molecule is CCCCc1nc(C)nn1Cc1ccc(-c2ccncc2-c2nn[nH]n2)cc1. The fraction of sp³-hybridized carbons (Fsp3) is 0.300. The second-order valence-electron chi connectivity index (χ2n) is 6.69. The van der Waals surface area contributed by atoms with Gasteiger partial charge >= 0.3 is 0 Å². The predicted octanol–water partition coefficient (Wildman–Crippen LogP) is 3.22. The van der Waals surface area contributed by atoms with Crippen LogP contribution in [0, 0.1) is 6.92 Å². The minimum Gasteiger partial charge on any atom is -0.264 e. The molecule has 4 aromatic rings. The quantitative estimate of drug-likeness (QED) is 0.533. The molecule has 0 fully saturated rings. The summed E-state index contributed by atoms with van der Waals surface area (Å²) in [7, 11) is 0. The van der Waals surface area contributed by atoms with Gasteiger partial charge in [-0.2, -0.15) is 10.3 Å². The van der Waals surface area contributed by atoms with E-state index in [1.165, 1.54) is 5.56 Å². The first-order valence-electron chi connectivity index (χ1n) is 9.42. The van der Waals surface area contributed by atoms with Crippen molar-refractivity contribution in [2.24, 2.45) is 0 Å². The molecule has 28 heavy (non-hydrogen) atoms. The van der Waals surface area contributed by atoms with Gasteiger partial charge in [-0.25, -0.2) is 9.67 Å². The Hall–Kier alpha value is -3.42. The Morgan fingerprint density at radius 1 is 1.07 bits per heavy atom. The van der Waals surface area contributed by atoms with Gasteiger partial charge in [-0.05, 0) is 41.3 Å². The van der Waals surface area contributed by atoms with Gasteiger partial charge in [0, 0.05) is 24.4 Å². The number of pyridine rings is 1. The molecule has 1 N–H and O–H groups in total. The molecule has 1 aromatic carbocycles. The average Bonchev–Trinajstić information content (AvgIpc) is 3.37. The Kier molecular flexibility index (Phi) is 5.18. The van der Waals surface area contributed by atoms with Gasteiger partial charge in [0.25, 0.3) is 0 Å². The maximum Gasteiger partial charge on any atom is 0.206 e. The van der Waals surface area contributed by atoms with Crippen molar-refractivity contribution < 1.29 is 0 Å². The number of benzene rings is 1. The number of H-pyrrole nitrogens is 1. The van der Waals surface area contributed by atoms with Crippen LogP contribution in [0.1, 0.15) is 37.0 Å². The fourth-order valence-electron chi connectivity index (χ4n) is 3.21. The van der Waals surface area contributed by atoms with Crippen LogP contribution in [0.4, 0.5) is 0 Å². The van der Waals surface area contributed by atoms with E-state index in [9.17, 15) is 0 Å². The molecule has 142 valence electrons. The third-order valence-electron chi connectivity index (χ3n) is 4.61. The minimum atomic E-state index is 0.533. The van der Waals surface area contributed by atoms with E-state index in [0.717, 1.165) is 47.6 Å². The first-order chi connectivity index (χ1) is 13.7. The van der Waals surface area contributed by atoms with Gasteiger partial charge in [-0.15, -0.1) is 10.2 Å². The summed E-state index contributed by atoms with van der Waals surface area (Å²) in [6, 6.07) is 10.4. The number of aromatic nitrogens is 8. The molecule has 8 nitrogen and oxygen atoms in total. The number of aryl methyl sites for hydroxylation is 2. The van der Waals surface area contributed by atoms with Gasteiger partial charge in [-0.3, -0.25) is 4.98 Å². The van der Waals surface area contributed by atoms with Crippen LogP contribution < -0.4 is 0 Å². The highest BCUT2D eigenvalue weighted by molar-refractivity contribution is 5.79. The molecule has 3 heterocycles. The summed E-state index contributed by atoms with van der Waals surface area (Å²) >= 11 is 0. The molecule has 3 aromatic heterocycles. The molecule has 0 atom stereocenters. The number of hydrogen-bond acceptors (Lipinski definition) is 6. The number of nitrogens with zero attached hydrogens (tertiary/aromatic N) is 7. The molecular weight excluding hydrogens is 352 g/mol. The van der Waals surface area contributed by atoms with Crippen molar-refractivity contribution >= 4 is 0 Å². The monoisotopic (exact) mass is 374 g/mol. The van der Waals surface area contributed by atoms with Crippen molar-refractivity contribution in [2.75, 3.05) is 0 Å². The lowest BCUT2D eigenvalue weighted by atomic mass is 10.00. The Labute approximate surface area is 163 Å². The van der Waals surface area contributed by atoms with Crippen LogP contribution in [0.3, 0.4) is 0 Å². The summed E-state index contributed by atoms with van der Waals surface area (Å²) in [4.78, 5) is 8.77. The third-order valence-corrected chi connectivity index (χ3v) is 4.61. The maximum atomic E-state index is 4.57. The van der Waals surface area contributed by atoms with E-state index in [2.05, 4.69) is 66.9 Å². The predicted molar refractivity (Wildman–Crippen MR) is 105 cm³/mol. The van der Waals surface area contributed by atoms with Gasteiger partial charge in [0.1, 0.15) is 11.6 Å². The summed E-state index contributed by atoms with van der Waals surface area (Å²) < 4.78 is 2.01. The first-order valence-corrected chi connectivity index (χ1v) is 9.42. The molecular formula is C20H22N8. The van der Waals surface area contributed by atoms with Crippen molar-refractivity contribution in [2.45, 2.75) is 39.7 Å². The molecule has 0 aliphatic rings. The molecule has 4 rings (SSSR count). The highest BCUT2D eigenvalue weighted by atomic mass is 15.5. The summed E-state index contributed by atoms with van der Waals surface area (Å²) in [5, 5.41) is 18.8. The summed E-state index contributed by atoms with van der Waals surface area (Å²) in [5.41, 5.74) is 4.12. The fourth-order valence-corrected chi connectivity index (χ4v) is 3.21. The van der Waals surface area contributed by atoms with Crippen LogP contribution >= 0.6 is 0 Å². The Morgan fingerprint density at radius 2 is 1.93 bits per heavy atom. The molecule has 0 amide bonds. The molecule has 0 unspecified atom stereocenters. The van der Waals surface area contributed by atoms with Gasteiger partial charge in [-0.1, -0.05) is 37.6 Å². The van der Waals surface area contributed by atoms with Crippen LogP contribution in [0.15, 0.2) is 42.7 Å². The third kappa shape index (κ3) is 3.80. The highest BCUT2D eigenvalue weighted by Crippen LogP contribution is 2.29. The largest absolute Gasteiger partial charge is 0.264 e. The van der Waals surface area contributed by atoms with E-state index >= 15 is 0 Å². The first kappa shape index (κ1) is 18.0. The number of tetrazole rings is 1. The Balaban J connectivity index is 1.58. The van der Waals surface area contributed by atoms with Crippen molar-refractivity contribution in [3.63, 3.8) is 0 Å². The normalized spacial score (nSPS) is 11.1.